The Labute approximate surface area is 123 Å². The van der Waals surface area contributed by atoms with E-state index in [9.17, 15) is 14.4 Å². The molecular formula is C14H12N2O4S. The molecule has 21 heavy (non-hydrogen) atoms. The van der Waals surface area contributed by atoms with E-state index in [2.05, 4.69) is 10.3 Å². The number of thioether (sulfide) groups is 1. The van der Waals surface area contributed by atoms with Crippen LogP contribution in [0.3, 0.4) is 0 Å². The number of nitrogens with one attached hydrogen (secondary N) is 2. The van der Waals surface area contributed by atoms with Gasteiger partial charge in [-0.1, -0.05) is 11.8 Å². The molecule has 1 aromatic heterocycles. The van der Waals surface area contributed by atoms with E-state index in [1.165, 1.54) is 0 Å². The molecule has 1 aromatic carbocycles. The monoisotopic (exact) mass is 304 g/mol. The molecule has 6 nitrogen and oxygen atoms in total. The number of benzene rings is 1. The van der Waals surface area contributed by atoms with Crippen molar-refractivity contribution in [1.29, 1.82) is 0 Å². The molecule has 7 heteroatoms. The summed E-state index contributed by atoms with van der Waals surface area (Å²) < 4.78 is 5.15. The van der Waals surface area contributed by atoms with Crippen molar-refractivity contribution >= 4 is 33.8 Å². The van der Waals surface area contributed by atoms with E-state index in [1.54, 1.807) is 25.3 Å². The third-order valence-corrected chi connectivity index (χ3v) is 4.28. The third kappa shape index (κ3) is 2.64. The lowest BCUT2D eigenvalue weighted by Gasteiger charge is -2.07. The zero-order valence-corrected chi connectivity index (χ0v) is 12.0. The Hall–Kier alpha value is -2.28. The zero-order valence-electron chi connectivity index (χ0n) is 11.1. The molecule has 0 spiro atoms. The topological polar surface area (TPSA) is 88.3 Å². The predicted molar refractivity (Wildman–Crippen MR) is 79.7 cm³/mol. The molecule has 2 N–H and O–H groups in total. The first-order valence-electron chi connectivity index (χ1n) is 6.28. The van der Waals surface area contributed by atoms with E-state index in [0.717, 1.165) is 17.1 Å². The molecule has 2 aromatic rings. The zero-order chi connectivity index (χ0) is 15.0. The quantitative estimate of drug-likeness (QED) is 0.895. The summed E-state index contributed by atoms with van der Waals surface area (Å²) in [5, 5.41) is 2.11. The number of carbonyl (C=O) groups excluding carboxylic acids is 2. The summed E-state index contributed by atoms with van der Waals surface area (Å²) in [6.07, 6.45) is 0.213. The second-order valence-corrected chi connectivity index (χ2v) is 5.84. The number of aromatic amines is 1. The highest BCUT2D eigenvalue weighted by molar-refractivity contribution is 8.15. The highest BCUT2D eigenvalue weighted by atomic mass is 32.2. The van der Waals surface area contributed by atoms with Crippen LogP contribution in [0.25, 0.3) is 10.9 Å². The third-order valence-electron chi connectivity index (χ3n) is 3.30. The second kappa shape index (κ2) is 5.25. The van der Waals surface area contributed by atoms with E-state index >= 15 is 0 Å². The van der Waals surface area contributed by atoms with Crippen molar-refractivity contribution in [3.63, 3.8) is 0 Å². The number of fused-ring (bicyclic) bond motifs is 1. The molecule has 1 unspecified atom stereocenters. The average molecular weight is 304 g/mol. The number of H-pyrrole nitrogens is 1. The van der Waals surface area contributed by atoms with Crippen LogP contribution in [-0.4, -0.2) is 28.5 Å². The minimum absolute atomic E-state index is 0.213. The number of ether oxygens (including phenoxy) is 1. The van der Waals surface area contributed by atoms with Crippen LogP contribution in [-0.2, 0) is 11.2 Å². The summed E-state index contributed by atoms with van der Waals surface area (Å²) in [4.78, 5) is 37.6. The van der Waals surface area contributed by atoms with Crippen molar-refractivity contribution in [2.45, 2.75) is 11.7 Å². The van der Waals surface area contributed by atoms with Crippen molar-refractivity contribution in [2.75, 3.05) is 7.11 Å². The van der Waals surface area contributed by atoms with Crippen LogP contribution in [0.2, 0.25) is 0 Å². The molecule has 1 aliphatic rings. The molecule has 2 amide bonds. The number of methoxy groups -OCH3 is 1. The smallest absolute Gasteiger partial charge is 0.286 e. The lowest BCUT2D eigenvalue weighted by Crippen LogP contribution is -2.27. The standard InChI is InChI=1S/C14H12N2O4S/c1-20-9-2-3-10-7(5-9)4-8(12(17)15-10)6-11-13(18)16-14(19)21-11/h2-5,11H,6H2,1H3,(H,15,17)(H,16,18,19). The number of hydrogen-bond acceptors (Lipinski definition) is 5. The lowest BCUT2D eigenvalue weighted by molar-refractivity contribution is -0.118. The molecule has 0 saturated carbocycles. The summed E-state index contributed by atoms with van der Waals surface area (Å²) in [6, 6.07) is 7.06. The largest absolute Gasteiger partial charge is 0.497 e. The van der Waals surface area contributed by atoms with Crippen molar-refractivity contribution in [2.24, 2.45) is 0 Å². The average Bonchev–Trinajstić information content (AvgIpc) is 2.77. The highest BCUT2D eigenvalue weighted by Crippen LogP contribution is 2.24. The van der Waals surface area contributed by atoms with Gasteiger partial charge in [-0.3, -0.25) is 19.7 Å². The predicted octanol–water partition coefficient (Wildman–Crippen LogP) is 1.43. The molecule has 1 fully saturated rings. The van der Waals surface area contributed by atoms with Gasteiger partial charge in [0.25, 0.3) is 10.8 Å². The van der Waals surface area contributed by atoms with Crippen LogP contribution < -0.4 is 15.6 Å². The van der Waals surface area contributed by atoms with Gasteiger partial charge < -0.3 is 9.72 Å². The van der Waals surface area contributed by atoms with Gasteiger partial charge in [0.05, 0.1) is 12.4 Å². The maximum atomic E-state index is 12.1. The van der Waals surface area contributed by atoms with Gasteiger partial charge in [0, 0.05) is 16.5 Å². The van der Waals surface area contributed by atoms with Crippen LogP contribution in [0.15, 0.2) is 29.1 Å². The maximum absolute atomic E-state index is 12.1. The molecule has 2 heterocycles. The van der Waals surface area contributed by atoms with E-state index in [1.807, 2.05) is 6.07 Å². The number of imide groups is 1. The Morgan fingerprint density at radius 2 is 2.05 bits per heavy atom. The Morgan fingerprint density at radius 3 is 2.71 bits per heavy atom. The Morgan fingerprint density at radius 1 is 1.24 bits per heavy atom. The van der Waals surface area contributed by atoms with Gasteiger partial charge in [0.15, 0.2) is 0 Å². The van der Waals surface area contributed by atoms with E-state index in [-0.39, 0.29) is 23.1 Å². The minimum atomic E-state index is -0.554. The second-order valence-electron chi connectivity index (χ2n) is 4.66. The summed E-state index contributed by atoms with van der Waals surface area (Å²) in [6.45, 7) is 0. The van der Waals surface area contributed by atoms with Gasteiger partial charge in [-0.25, -0.2) is 0 Å². The molecular weight excluding hydrogens is 292 g/mol. The van der Waals surface area contributed by atoms with Crippen molar-refractivity contribution in [1.82, 2.24) is 10.3 Å². The fraction of sp³-hybridized carbons (Fsp3) is 0.214. The van der Waals surface area contributed by atoms with Crippen molar-refractivity contribution in [3.05, 3.63) is 40.2 Å². The first kappa shape index (κ1) is 13.7. The fourth-order valence-corrected chi connectivity index (χ4v) is 3.08. The fourth-order valence-electron chi connectivity index (χ4n) is 2.24. The van der Waals surface area contributed by atoms with Gasteiger partial charge in [-0.05, 0) is 30.7 Å². The van der Waals surface area contributed by atoms with E-state index in [0.29, 0.717) is 16.8 Å². The number of carbonyl (C=O) groups is 2. The van der Waals surface area contributed by atoms with Crippen LogP contribution in [0.4, 0.5) is 4.79 Å². The van der Waals surface area contributed by atoms with Gasteiger partial charge in [-0.15, -0.1) is 0 Å². The Kier molecular flexibility index (Phi) is 3.42. The van der Waals surface area contributed by atoms with Gasteiger partial charge in [0.2, 0.25) is 5.91 Å². The molecule has 3 rings (SSSR count). The van der Waals surface area contributed by atoms with Crippen LogP contribution in [0.5, 0.6) is 5.75 Å². The van der Waals surface area contributed by atoms with Crippen molar-refractivity contribution < 1.29 is 14.3 Å². The number of aromatic nitrogens is 1. The van der Waals surface area contributed by atoms with Crippen LogP contribution >= 0.6 is 11.8 Å². The van der Waals surface area contributed by atoms with Gasteiger partial charge in [-0.2, -0.15) is 0 Å². The highest BCUT2D eigenvalue weighted by Gasteiger charge is 2.32. The molecule has 0 bridgehead atoms. The summed E-state index contributed by atoms with van der Waals surface area (Å²) >= 11 is 0.913. The summed E-state index contributed by atoms with van der Waals surface area (Å²) in [5.41, 5.74) is 0.919. The summed E-state index contributed by atoms with van der Waals surface area (Å²) in [5.74, 6) is 0.332. The van der Waals surface area contributed by atoms with E-state index in [4.69, 9.17) is 4.74 Å². The number of rotatable bonds is 3. The SMILES string of the molecule is COc1ccc2[nH]c(=O)c(CC3SC(=O)NC3=O)cc2c1. The maximum Gasteiger partial charge on any atom is 0.286 e. The minimum Gasteiger partial charge on any atom is -0.497 e. The molecule has 1 aliphatic heterocycles. The first-order valence-corrected chi connectivity index (χ1v) is 7.16. The van der Waals surface area contributed by atoms with Crippen molar-refractivity contribution in [3.8, 4) is 5.75 Å². The molecule has 0 radical (unpaired) electrons. The summed E-state index contributed by atoms with van der Waals surface area (Å²) in [7, 11) is 1.57. The Bertz CT molecular complexity index is 799. The number of amides is 2. The number of hydrogen-bond donors (Lipinski definition) is 2. The first-order chi connectivity index (χ1) is 10.1. The number of pyridine rings is 1. The molecule has 1 saturated heterocycles. The van der Waals surface area contributed by atoms with Gasteiger partial charge in [0.1, 0.15) is 5.75 Å². The molecule has 0 aliphatic carbocycles. The van der Waals surface area contributed by atoms with Gasteiger partial charge >= 0.3 is 0 Å². The normalized spacial score (nSPS) is 18.0. The molecule has 1 atom stereocenters. The van der Waals surface area contributed by atoms with Crippen LogP contribution in [0.1, 0.15) is 5.56 Å². The van der Waals surface area contributed by atoms with E-state index < -0.39 is 5.25 Å². The Balaban J connectivity index is 1.98. The van der Waals surface area contributed by atoms with Crippen LogP contribution in [0, 0.1) is 0 Å². The molecule has 108 valence electrons. The lowest BCUT2D eigenvalue weighted by atomic mass is 10.1.